The first-order valence-corrected chi connectivity index (χ1v) is 10.7. The number of nitriles is 1. The second-order valence-electron chi connectivity index (χ2n) is 8.58. The van der Waals surface area contributed by atoms with Crippen LogP contribution in [-0.4, -0.2) is 28.9 Å². The van der Waals surface area contributed by atoms with Crippen molar-refractivity contribution in [1.29, 1.82) is 10.7 Å². The third-order valence-corrected chi connectivity index (χ3v) is 5.95. The van der Waals surface area contributed by atoms with Gasteiger partial charge in [0.2, 0.25) is 0 Å². The number of hydrogen-bond donors (Lipinski definition) is 2. The summed E-state index contributed by atoms with van der Waals surface area (Å²) >= 11 is 0. The van der Waals surface area contributed by atoms with Crippen LogP contribution in [-0.2, 0) is 4.74 Å². The number of nitrogens with two attached hydrogens (primary N) is 1. The second-order valence-corrected chi connectivity index (χ2v) is 8.58. The van der Waals surface area contributed by atoms with Gasteiger partial charge in [-0.3, -0.25) is 4.90 Å². The van der Waals surface area contributed by atoms with E-state index < -0.39 is 5.60 Å². The van der Waals surface area contributed by atoms with Gasteiger partial charge in [-0.2, -0.15) is 5.26 Å². The van der Waals surface area contributed by atoms with Crippen molar-refractivity contribution in [3.8, 4) is 6.07 Å². The summed E-state index contributed by atoms with van der Waals surface area (Å²) in [6.45, 7) is 4.04. The van der Waals surface area contributed by atoms with E-state index in [0.717, 1.165) is 19.1 Å². The molecule has 3 N–H and O–H groups in total. The molecule has 31 heavy (non-hydrogen) atoms. The molecule has 0 unspecified atom stereocenters. The molecule has 6 nitrogen and oxygen atoms in total. The first-order chi connectivity index (χ1) is 14.9. The molecule has 1 atom stereocenters. The van der Waals surface area contributed by atoms with Gasteiger partial charge in [0, 0.05) is 23.5 Å². The minimum atomic E-state index is -0.462. The molecule has 1 saturated carbocycles. The fraction of sp³-hybridized carbons (Fsp3) is 0.400. The minimum absolute atomic E-state index is 0.0271. The Morgan fingerprint density at radius 2 is 1.84 bits per heavy atom. The molecule has 162 valence electrons. The second kappa shape index (κ2) is 9.65. The molecule has 1 heterocycles. The monoisotopic (exact) mass is 418 g/mol. The van der Waals surface area contributed by atoms with Gasteiger partial charge in [0.1, 0.15) is 5.60 Å². The Morgan fingerprint density at radius 1 is 1.16 bits per heavy atom. The molecule has 2 fully saturated rings. The number of rotatable bonds is 3. The van der Waals surface area contributed by atoms with Crippen LogP contribution in [0.25, 0.3) is 0 Å². The van der Waals surface area contributed by atoms with Crippen molar-refractivity contribution < 1.29 is 9.53 Å². The fourth-order valence-corrected chi connectivity index (χ4v) is 4.46. The lowest BCUT2D eigenvalue weighted by molar-refractivity contribution is 0.0665. The smallest absolute Gasteiger partial charge is 0.411 e. The lowest BCUT2D eigenvalue weighted by atomic mass is 9.87. The molecule has 6 heteroatoms. The molecule has 2 aromatic rings. The van der Waals surface area contributed by atoms with Gasteiger partial charge in [-0.1, -0.05) is 49.6 Å². The summed E-state index contributed by atoms with van der Waals surface area (Å²) in [5, 5.41) is 15.4. The van der Waals surface area contributed by atoms with E-state index in [4.69, 9.17) is 21.1 Å². The third kappa shape index (κ3) is 5.05. The topological polar surface area (TPSA) is 103 Å². The molecule has 0 bridgehead atoms. The van der Waals surface area contributed by atoms with Gasteiger partial charge in [0.15, 0.2) is 0 Å². The summed E-state index contributed by atoms with van der Waals surface area (Å²) in [5.74, 6) is 0. The van der Waals surface area contributed by atoms with Crippen LogP contribution in [0.3, 0.4) is 0 Å². The summed E-state index contributed by atoms with van der Waals surface area (Å²) < 4.78 is 5.67. The van der Waals surface area contributed by atoms with Gasteiger partial charge in [-0.15, -0.1) is 0 Å². The molecule has 4 rings (SSSR count). The van der Waals surface area contributed by atoms with E-state index in [9.17, 15) is 4.79 Å². The zero-order valence-corrected chi connectivity index (χ0v) is 18.2. The fourth-order valence-electron chi connectivity index (χ4n) is 4.46. The maximum atomic E-state index is 12.4. The number of nitrogen functional groups attached to an aromatic ring is 1. The zero-order valence-electron chi connectivity index (χ0n) is 18.2. The van der Waals surface area contributed by atoms with Gasteiger partial charge in [-0.05, 0) is 50.5 Å². The summed E-state index contributed by atoms with van der Waals surface area (Å²) in [6.07, 6.45) is 6.93. The Bertz CT molecular complexity index is 959. The number of carbonyl (C=O) groups excluding carboxylic acids is 1. The number of amides is 1. The lowest BCUT2D eigenvalue weighted by Gasteiger charge is -2.36. The van der Waals surface area contributed by atoms with Crippen LogP contribution in [0.2, 0.25) is 0 Å². The van der Waals surface area contributed by atoms with Crippen LogP contribution in [0.4, 0.5) is 10.5 Å². The van der Waals surface area contributed by atoms with Crippen LogP contribution in [0, 0.1) is 16.7 Å². The minimum Gasteiger partial charge on any atom is -0.441 e. The maximum Gasteiger partial charge on any atom is 0.411 e. The molecular weight excluding hydrogens is 388 g/mol. The third-order valence-electron chi connectivity index (χ3n) is 5.95. The van der Waals surface area contributed by atoms with Crippen molar-refractivity contribution >= 4 is 18.0 Å². The summed E-state index contributed by atoms with van der Waals surface area (Å²) in [4.78, 5) is 14.4. The Balaban J connectivity index is 0.000000210. The van der Waals surface area contributed by atoms with Crippen LogP contribution in [0.15, 0.2) is 48.5 Å². The van der Waals surface area contributed by atoms with Gasteiger partial charge >= 0.3 is 6.09 Å². The Kier molecular flexibility index (Phi) is 6.96. The largest absolute Gasteiger partial charge is 0.441 e. The highest BCUT2D eigenvalue weighted by molar-refractivity contribution is 5.85. The van der Waals surface area contributed by atoms with E-state index in [0.29, 0.717) is 22.9 Å². The number of nitrogens with one attached hydrogen (secondary N) is 1. The average molecular weight is 419 g/mol. The van der Waals surface area contributed by atoms with Gasteiger partial charge in [0.05, 0.1) is 17.7 Å². The number of anilines is 1. The number of carbonyl (C=O) groups is 1. The van der Waals surface area contributed by atoms with Crippen LogP contribution in [0.1, 0.15) is 68.7 Å². The summed E-state index contributed by atoms with van der Waals surface area (Å²) in [7, 11) is 0. The number of nitrogens with zero attached hydrogens (tertiary/aromatic N) is 2. The highest BCUT2D eigenvalue weighted by atomic mass is 16.6. The van der Waals surface area contributed by atoms with E-state index in [-0.39, 0.29) is 12.1 Å². The normalized spacial score (nSPS) is 20.2. The van der Waals surface area contributed by atoms with Crippen molar-refractivity contribution in [2.45, 2.75) is 63.6 Å². The Morgan fingerprint density at radius 3 is 2.45 bits per heavy atom. The molecular formula is C25H30N4O2. The van der Waals surface area contributed by atoms with Crippen molar-refractivity contribution in [2.24, 2.45) is 0 Å². The van der Waals surface area contributed by atoms with Crippen molar-refractivity contribution in [1.82, 2.24) is 4.90 Å². The van der Waals surface area contributed by atoms with E-state index in [1.165, 1.54) is 24.8 Å². The highest BCUT2D eigenvalue weighted by Crippen LogP contribution is 2.44. The number of cyclic esters (lactones) is 1. The predicted octanol–water partition coefficient (Wildman–Crippen LogP) is 5.43. The quantitative estimate of drug-likeness (QED) is 0.512. The van der Waals surface area contributed by atoms with Crippen LogP contribution < -0.4 is 5.73 Å². The average Bonchev–Trinajstić information content (AvgIpc) is 3.03. The Labute approximate surface area is 184 Å². The standard InChI is InChI=1S/C17H23NO2.C8H7N3/c1-17(2)15(13-9-5-3-6-10-13)18(16(19)20-17)14-11-7-4-8-12-14;9-4-6-1-2-8(11)7(3-6)5-10/h3,5-6,9-10,14-15H,4,7-8,11-12H2,1-2H3;1-3,5,10H,11H2/t15-;/m0./s1. The van der Waals surface area contributed by atoms with Gasteiger partial charge in [0.25, 0.3) is 0 Å². The zero-order chi connectivity index (χ0) is 22.4. The molecule has 0 spiro atoms. The molecule has 1 aliphatic heterocycles. The van der Waals surface area contributed by atoms with Crippen LogP contribution in [0.5, 0.6) is 0 Å². The number of benzene rings is 2. The van der Waals surface area contributed by atoms with Gasteiger partial charge < -0.3 is 15.9 Å². The SMILES string of the molecule is CC1(C)OC(=O)N(C2CCCCC2)[C@H]1c1ccccc1.N#Cc1ccc(N)c(C=N)c1. The first-order valence-electron chi connectivity index (χ1n) is 10.7. The lowest BCUT2D eigenvalue weighted by Crippen LogP contribution is -2.41. The number of ether oxygens (including phenoxy) is 1. The molecule has 2 aliphatic rings. The van der Waals surface area contributed by atoms with Crippen molar-refractivity contribution in [3.05, 3.63) is 65.2 Å². The number of hydrogen-bond acceptors (Lipinski definition) is 5. The Hall–Kier alpha value is -3.33. The van der Waals surface area contributed by atoms with E-state index in [1.54, 1.807) is 18.2 Å². The van der Waals surface area contributed by atoms with Crippen molar-refractivity contribution in [2.75, 3.05) is 5.73 Å². The maximum absolute atomic E-state index is 12.4. The van der Waals surface area contributed by atoms with E-state index in [2.05, 4.69) is 12.1 Å². The van der Waals surface area contributed by atoms with Crippen molar-refractivity contribution in [3.63, 3.8) is 0 Å². The molecule has 0 aromatic heterocycles. The van der Waals surface area contributed by atoms with Gasteiger partial charge in [-0.25, -0.2) is 4.79 Å². The highest BCUT2D eigenvalue weighted by Gasteiger charge is 2.50. The molecule has 1 saturated heterocycles. The van der Waals surface area contributed by atoms with E-state index >= 15 is 0 Å². The summed E-state index contributed by atoms with van der Waals surface area (Å²) in [6, 6.07) is 17.5. The summed E-state index contributed by atoms with van der Waals surface area (Å²) in [5.41, 5.74) is 7.85. The molecule has 0 radical (unpaired) electrons. The molecule has 1 amide bonds. The molecule has 2 aromatic carbocycles. The predicted molar refractivity (Wildman–Crippen MR) is 122 cm³/mol. The van der Waals surface area contributed by atoms with E-state index in [1.807, 2.05) is 43.0 Å². The van der Waals surface area contributed by atoms with Crippen LogP contribution >= 0.6 is 0 Å². The molecule has 1 aliphatic carbocycles. The first kappa shape index (κ1) is 22.4.